The number of amides is 2. The molecule has 6 heteroatoms. The molecule has 0 aromatic carbocycles. The fraction of sp³-hybridized carbons (Fsp3) is 0.800. The van der Waals surface area contributed by atoms with Gasteiger partial charge in [0.2, 0.25) is 0 Å². The maximum absolute atomic E-state index is 11.6. The molecule has 1 aliphatic heterocycles. The van der Waals surface area contributed by atoms with E-state index >= 15 is 0 Å². The maximum atomic E-state index is 11.6. The second-order valence-electron chi connectivity index (χ2n) is 3.82. The van der Waals surface area contributed by atoms with Gasteiger partial charge < -0.3 is 20.6 Å². The predicted octanol–water partition coefficient (Wildman–Crippen LogP) is -0.144. The molecule has 0 aromatic rings. The number of carboxylic acids is 1. The summed E-state index contributed by atoms with van der Waals surface area (Å²) in [6.45, 7) is 3.71. The van der Waals surface area contributed by atoms with Gasteiger partial charge in [0.1, 0.15) is 0 Å². The van der Waals surface area contributed by atoms with Crippen LogP contribution in [-0.4, -0.2) is 54.7 Å². The Bertz CT molecular complexity index is 239. The summed E-state index contributed by atoms with van der Waals surface area (Å²) in [7, 11) is 0. The summed E-state index contributed by atoms with van der Waals surface area (Å²) in [5.41, 5.74) is 0. The van der Waals surface area contributed by atoms with E-state index in [-0.39, 0.29) is 12.5 Å². The first-order chi connectivity index (χ1) is 7.70. The number of unbranched alkanes of at least 4 members (excludes halogenated alkanes) is 1. The first-order valence-corrected chi connectivity index (χ1v) is 5.65. The summed E-state index contributed by atoms with van der Waals surface area (Å²) >= 11 is 0. The van der Waals surface area contributed by atoms with E-state index in [1.54, 1.807) is 4.90 Å². The highest BCUT2D eigenvalue weighted by Gasteiger charge is 2.14. The third kappa shape index (κ3) is 4.97. The fourth-order valence-corrected chi connectivity index (χ4v) is 1.58. The number of piperazine rings is 1. The molecule has 1 aliphatic rings. The lowest BCUT2D eigenvalue weighted by Gasteiger charge is -2.27. The van der Waals surface area contributed by atoms with Crippen molar-refractivity contribution in [2.45, 2.75) is 19.3 Å². The minimum Gasteiger partial charge on any atom is -0.481 e. The minimum atomic E-state index is -0.784. The largest absolute Gasteiger partial charge is 0.481 e. The summed E-state index contributed by atoms with van der Waals surface area (Å²) in [6, 6.07) is -0.0446. The SMILES string of the molecule is O=C(O)CCCCNC(=O)N1CCNCC1. The molecule has 0 bridgehead atoms. The molecule has 0 aliphatic carbocycles. The summed E-state index contributed by atoms with van der Waals surface area (Å²) in [5, 5.41) is 14.4. The first kappa shape index (κ1) is 12.8. The van der Waals surface area contributed by atoms with Crippen molar-refractivity contribution in [3.05, 3.63) is 0 Å². The van der Waals surface area contributed by atoms with Crippen LogP contribution in [0.25, 0.3) is 0 Å². The average molecular weight is 229 g/mol. The zero-order valence-corrected chi connectivity index (χ0v) is 9.37. The Hall–Kier alpha value is -1.30. The van der Waals surface area contributed by atoms with Crippen LogP contribution < -0.4 is 10.6 Å². The lowest BCUT2D eigenvalue weighted by molar-refractivity contribution is -0.137. The van der Waals surface area contributed by atoms with E-state index in [9.17, 15) is 9.59 Å². The molecule has 1 fully saturated rings. The highest BCUT2D eigenvalue weighted by Crippen LogP contribution is 1.96. The molecule has 16 heavy (non-hydrogen) atoms. The number of hydrogen-bond acceptors (Lipinski definition) is 3. The lowest BCUT2D eigenvalue weighted by Crippen LogP contribution is -2.50. The lowest BCUT2D eigenvalue weighted by atomic mass is 10.2. The van der Waals surface area contributed by atoms with Crippen molar-refractivity contribution in [1.29, 1.82) is 0 Å². The van der Waals surface area contributed by atoms with Gasteiger partial charge in [0.15, 0.2) is 0 Å². The van der Waals surface area contributed by atoms with E-state index < -0.39 is 5.97 Å². The molecule has 6 nitrogen and oxygen atoms in total. The minimum absolute atomic E-state index is 0.0446. The van der Waals surface area contributed by atoms with Crippen molar-refractivity contribution in [2.75, 3.05) is 32.7 Å². The Morgan fingerprint density at radius 2 is 1.94 bits per heavy atom. The van der Waals surface area contributed by atoms with E-state index in [1.165, 1.54) is 0 Å². The van der Waals surface area contributed by atoms with E-state index in [1.807, 2.05) is 0 Å². The Kier molecular flexibility index (Phi) is 5.63. The molecule has 92 valence electrons. The van der Waals surface area contributed by atoms with Crippen LogP contribution >= 0.6 is 0 Å². The van der Waals surface area contributed by atoms with Crippen LogP contribution in [0.4, 0.5) is 4.79 Å². The molecule has 0 unspecified atom stereocenters. The number of nitrogens with zero attached hydrogens (tertiary/aromatic N) is 1. The highest BCUT2D eigenvalue weighted by atomic mass is 16.4. The number of hydrogen-bond donors (Lipinski definition) is 3. The van der Waals surface area contributed by atoms with Crippen LogP contribution in [-0.2, 0) is 4.79 Å². The molecule has 0 spiro atoms. The summed E-state index contributed by atoms with van der Waals surface area (Å²) < 4.78 is 0. The maximum Gasteiger partial charge on any atom is 0.317 e. The van der Waals surface area contributed by atoms with Crippen LogP contribution in [0.1, 0.15) is 19.3 Å². The van der Waals surface area contributed by atoms with Crippen LogP contribution in [0, 0.1) is 0 Å². The number of carbonyl (C=O) groups excluding carboxylic acids is 1. The van der Waals surface area contributed by atoms with E-state index in [2.05, 4.69) is 10.6 Å². The van der Waals surface area contributed by atoms with Crippen LogP contribution in [0.5, 0.6) is 0 Å². The standard InChI is InChI=1S/C10H19N3O3/c14-9(15)3-1-2-4-12-10(16)13-7-5-11-6-8-13/h11H,1-8H2,(H,12,16)(H,14,15). The number of rotatable bonds is 5. The molecule has 0 atom stereocenters. The van der Waals surface area contributed by atoms with Crippen molar-refractivity contribution in [3.63, 3.8) is 0 Å². The van der Waals surface area contributed by atoms with E-state index in [4.69, 9.17) is 5.11 Å². The molecule has 1 heterocycles. The van der Waals surface area contributed by atoms with Crippen molar-refractivity contribution < 1.29 is 14.7 Å². The molecule has 0 saturated carbocycles. The molecule has 2 amide bonds. The molecule has 0 radical (unpaired) electrons. The number of urea groups is 1. The molecule has 3 N–H and O–H groups in total. The molecular weight excluding hydrogens is 210 g/mol. The second-order valence-corrected chi connectivity index (χ2v) is 3.82. The van der Waals surface area contributed by atoms with E-state index in [0.29, 0.717) is 19.4 Å². The summed E-state index contributed by atoms with van der Waals surface area (Å²) in [6.07, 6.45) is 1.49. The number of aliphatic carboxylic acids is 1. The van der Waals surface area contributed by atoms with Crippen LogP contribution in [0.3, 0.4) is 0 Å². The van der Waals surface area contributed by atoms with Crippen LogP contribution in [0.15, 0.2) is 0 Å². The zero-order chi connectivity index (χ0) is 11.8. The van der Waals surface area contributed by atoms with Gasteiger partial charge in [-0.3, -0.25) is 4.79 Å². The van der Waals surface area contributed by atoms with Gasteiger partial charge >= 0.3 is 12.0 Å². The van der Waals surface area contributed by atoms with Gasteiger partial charge in [0.05, 0.1) is 0 Å². The van der Waals surface area contributed by atoms with Gasteiger partial charge in [-0.25, -0.2) is 4.79 Å². The van der Waals surface area contributed by atoms with Gasteiger partial charge in [-0.1, -0.05) is 0 Å². The molecule has 1 rings (SSSR count). The molecular formula is C10H19N3O3. The van der Waals surface area contributed by atoms with Gasteiger partial charge in [0.25, 0.3) is 0 Å². The third-order valence-corrected chi connectivity index (χ3v) is 2.50. The molecule has 1 saturated heterocycles. The zero-order valence-electron chi connectivity index (χ0n) is 9.37. The Morgan fingerprint density at radius 3 is 2.56 bits per heavy atom. The van der Waals surface area contributed by atoms with Crippen molar-refractivity contribution in [1.82, 2.24) is 15.5 Å². The van der Waals surface area contributed by atoms with Crippen LogP contribution in [0.2, 0.25) is 0 Å². The topological polar surface area (TPSA) is 81.7 Å². The first-order valence-electron chi connectivity index (χ1n) is 5.65. The van der Waals surface area contributed by atoms with Crippen molar-refractivity contribution in [2.24, 2.45) is 0 Å². The number of carboxylic acid groups (broad SMARTS) is 1. The summed E-state index contributed by atoms with van der Waals surface area (Å²) in [4.78, 5) is 23.6. The summed E-state index contributed by atoms with van der Waals surface area (Å²) in [5.74, 6) is -0.784. The monoisotopic (exact) mass is 229 g/mol. The van der Waals surface area contributed by atoms with Gasteiger partial charge in [0, 0.05) is 39.1 Å². The normalized spacial score (nSPS) is 15.9. The highest BCUT2D eigenvalue weighted by molar-refractivity contribution is 5.74. The Morgan fingerprint density at radius 1 is 1.25 bits per heavy atom. The van der Waals surface area contributed by atoms with Gasteiger partial charge in [-0.05, 0) is 12.8 Å². The smallest absolute Gasteiger partial charge is 0.317 e. The van der Waals surface area contributed by atoms with E-state index in [0.717, 1.165) is 26.2 Å². The average Bonchev–Trinajstić information content (AvgIpc) is 2.29. The third-order valence-electron chi connectivity index (χ3n) is 2.50. The number of carbonyl (C=O) groups is 2. The predicted molar refractivity (Wildman–Crippen MR) is 59.3 cm³/mol. The van der Waals surface area contributed by atoms with Gasteiger partial charge in [-0.15, -0.1) is 0 Å². The van der Waals surface area contributed by atoms with Gasteiger partial charge in [-0.2, -0.15) is 0 Å². The Labute approximate surface area is 95.0 Å². The van der Waals surface area contributed by atoms with Crippen molar-refractivity contribution >= 4 is 12.0 Å². The second kappa shape index (κ2) is 7.05. The quantitative estimate of drug-likeness (QED) is 0.573. The molecule has 0 aromatic heterocycles. The van der Waals surface area contributed by atoms with Crippen molar-refractivity contribution in [3.8, 4) is 0 Å². The number of nitrogens with one attached hydrogen (secondary N) is 2. The Balaban J connectivity index is 2.03. The fourth-order valence-electron chi connectivity index (χ4n) is 1.58.